The maximum absolute atomic E-state index is 8.93. The standard InChI is InChI=1S/C10H11N7/c1-7(10-16-13-6-17(10)2)14-9-8(5-11)3-4-12-15-9/h3-4,6-7H,1-2H3,(H,14,15). The summed E-state index contributed by atoms with van der Waals surface area (Å²) in [5.41, 5.74) is 0.453. The highest BCUT2D eigenvalue weighted by molar-refractivity contribution is 5.50. The van der Waals surface area contributed by atoms with Crippen LogP contribution in [-0.4, -0.2) is 25.0 Å². The first-order valence-corrected chi connectivity index (χ1v) is 5.04. The fraction of sp³-hybridized carbons (Fsp3) is 0.300. The van der Waals surface area contributed by atoms with Crippen molar-refractivity contribution in [3.8, 4) is 6.07 Å². The normalized spacial score (nSPS) is 11.8. The first-order valence-electron chi connectivity index (χ1n) is 5.04. The van der Waals surface area contributed by atoms with Crippen molar-refractivity contribution in [2.45, 2.75) is 13.0 Å². The van der Waals surface area contributed by atoms with Gasteiger partial charge in [-0.15, -0.1) is 15.3 Å². The van der Waals surface area contributed by atoms with Crippen LogP contribution in [0.5, 0.6) is 0 Å². The SMILES string of the molecule is CC(Nc1nnccc1C#N)c1nncn1C. The van der Waals surface area contributed by atoms with Crippen LogP contribution in [0.15, 0.2) is 18.6 Å². The lowest BCUT2D eigenvalue weighted by Gasteiger charge is -2.13. The van der Waals surface area contributed by atoms with Crippen LogP contribution in [0.25, 0.3) is 0 Å². The maximum atomic E-state index is 8.93. The van der Waals surface area contributed by atoms with Gasteiger partial charge < -0.3 is 9.88 Å². The predicted octanol–water partition coefficient (Wildman–Crippen LogP) is 0.650. The van der Waals surface area contributed by atoms with Crippen molar-refractivity contribution in [1.29, 1.82) is 5.26 Å². The smallest absolute Gasteiger partial charge is 0.167 e. The van der Waals surface area contributed by atoms with Gasteiger partial charge in [-0.2, -0.15) is 10.4 Å². The second-order valence-corrected chi connectivity index (χ2v) is 3.57. The molecule has 0 amide bonds. The molecule has 7 heteroatoms. The van der Waals surface area contributed by atoms with Crippen LogP contribution in [0, 0.1) is 11.3 Å². The highest BCUT2D eigenvalue weighted by Crippen LogP contribution is 2.17. The molecule has 17 heavy (non-hydrogen) atoms. The van der Waals surface area contributed by atoms with E-state index in [2.05, 4.69) is 31.8 Å². The molecule has 0 aliphatic rings. The summed E-state index contributed by atoms with van der Waals surface area (Å²) in [5.74, 6) is 1.21. The molecule has 0 saturated carbocycles. The zero-order valence-corrected chi connectivity index (χ0v) is 9.49. The van der Waals surface area contributed by atoms with E-state index >= 15 is 0 Å². The molecule has 2 heterocycles. The summed E-state index contributed by atoms with van der Waals surface area (Å²) in [4.78, 5) is 0. The predicted molar refractivity (Wildman–Crippen MR) is 59.8 cm³/mol. The van der Waals surface area contributed by atoms with Crippen LogP contribution in [-0.2, 0) is 7.05 Å². The quantitative estimate of drug-likeness (QED) is 0.830. The number of aryl methyl sites for hydroxylation is 1. The van der Waals surface area contributed by atoms with E-state index in [1.807, 2.05) is 14.0 Å². The van der Waals surface area contributed by atoms with Crippen LogP contribution in [0.4, 0.5) is 5.82 Å². The molecule has 2 aromatic rings. The van der Waals surface area contributed by atoms with Gasteiger partial charge in [0.05, 0.1) is 17.8 Å². The molecule has 0 radical (unpaired) electrons. The molecule has 1 N–H and O–H groups in total. The van der Waals surface area contributed by atoms with E-state index in [9.17, 15) is 0 Å². The average molecular weight is 229 g/mol. The number of hydrogen-bond acceptors (Lipinski definition) is 6. The first kappa shape index (κ1) is 11.0. The number of hydrogen-bond donors (Lipinski definition) is 1. The molecule has 86 valence electrons. The average Bonchev–Trinajstić information content (AvgIpc) is 2.76. The van der Waals surface area contributed by atoms with Gasteiger partial charge in [-0.25, -0.2) is 0 Å². The van der Waals surface area contributed by atoms with E-state index in [1.165, 1.54) is 6.20 Å². The van der Waals surface area contributed by atoms with E-state index in [0.717, 1.165) is 5.82 Å². The summed E-state index contributed by atoms with van der Waals surface area (Å²) < 4.78 is 1.81. The van der Waals surface area contributed by atoms with E-state index in [0.29, 0.717) is 11.4 Å². The van der Waals surface area contributed by atoms with Gasteiger partial charge in [0.2, 0.25) is 0 Å². The number of anilines is 1. The number of nitrogens with zero attached hydrogens (tertiary/aromatic N) is 6. The van der Waals surface area contributed by atoms with Gasteiger partial charge in [-0.05, 0) is 13.0 Å². The van der Waals surface area contributed by atoms with E-state index < -0.39 is 0 Å². The maximum Gasteiger partial charge on any atom is 0.167 e. The fourth-order valence-electron chi connectivity index (χ4n) is 1.48. The van der Waals surface area contributed by atoms with Crippen molar-refractivity contribution < 1.29 is 0 Å². The monoisotopic (exact) mass is 229 g/mol. The molecule has 1 unspecified atom stereocenters. The first-order chi connectivity index (χ1) is 8.22. The topological polar surface area (TPSA) is 92.3 Å². The number of rotatable bonds is 3. The third kappa shape index (κ3) is 2.20. The summed E-state index contributed by atoms with van der Waals surface area (Å²) in [6.45, 7) is 1.92. The van der Waals surface area contributed by atoms with Crippen molar-refractivity contribution in [3.05, 3.63) is 30.0 Å². The van der Waals surface area contributed by atoms with Gasteiger partial charge in [-0.1, -0.05) is 0 Å². The minimum absolute atomic E-state index is 0.105. The molecule has 2 aromatic heterocycles. The van der Waals surface area contributed by atoms with Crippen molar-refractivity contribution >= 4 is 5.82 Å². The number of nitrogens with one attached hydrogen (secondary N) is 1. The van der Waals surface area contributed by atoms with E-state index in [4.69, 9.17) is 5.26 Å². The molecular formula is C10H11N7. The Morgan fingerprint density at radius 2 is 2.24 bits per heavy atom. The Morgan fingerprint density at radius 1 is 1.41 bits per heavy atom. The third-order valence-electron chi connectivity index (χ3n) is 2.33. The zero-order valence-electron chi connectivity index (χ0n) is 9.49. The Morgan fingerprint density at radius 3 is 2.88 bits per heavy atom. The molecule has 0 spiro atoms. The van der Waals surface area contributed by atoms with Gasteiger partial charge in [0.1, 0.15) is 12.4 Å². The summed E-state index contributed by atoms with van der Waals surface area (Å²) in [5, 5.41) is 27.4. The highest BCUT2D eigenvalue weighted by atomic mass is 15.3. The Hall–Kier alpha value is -2.49. The van der Waals surface area contributed by atoms with E-state index in [1.54, 1.807) is 17.0 Å². The van der Waals surface area contributed by atoms with Gasteiger partial charge >= 0.3 is 0 Å². The lowest BCUT2D eigenvalue weighted by molar-refractivity contribution is 0.714. The summed E-state index contributed by atoms with van der Waals surface area (Å²) in [6, 6.07) is 3.56. The zero-order chi connectivity index (χ0) is 12.3. The van der Waals surface area contributed by atoms with Crippen LogP contribution >= 0.6 is 0 Å². The molecule has 0 aromatic carbocycles. The Bertz CT molecular complexity index is 554. The number of nitriles is 1. The largest absolute Gasteiger partial charge is 0.358 e. The summed E-state index contributed by atoms with van der Waals surface area (Å²) in [6.07, 6.45) is 3.10. The lowest BCUT2D eigenvalue weighted by atomic mass is 10.2. The van der Waals surface area contributed by atoms with Crippen LogP contribution in [0.3, 0.4) is 0 Å². The van der Waals surface area contributed by atoms with Gasteiger partial charge in [0, 0.05) is 7.05 Å². The Kier molecular flexibility index (Phi) is 2.96. The molecule has 0 aliphatic carbocycles. The molecule has 7 nitrogen and oxygen atoms in total. The third-order valence-corrected chi connectivity index (χ3v) is 2.33. The Labute approximate surface area is 98.1 Å². The second-order valence-electron chi connectivity index (χ2n) is 3.57. The van der Waals surface area contributed by atoms with E-state index in [-0.39, 0.29) is 6.04 Å². The molecule has 0 aliphatic heterocycles. The van der Waals surface area contributed by atoms with Gasteiger partial charge in [0.25, 0.3) is 0 Å². The summed E-state index contributed by atoms with van der Waals surface area (Å²) in [7, 11) is 1.86. The molecule has 0 bridgehead atoms. The molecule has 0 saturated heterocycles. The van der Waals surface area contributed by atoms with Crippen LogP contribution in [0.1, 0.15) is 24.4 Å². The van der Waals surface area contributed by atoms with Gasteiger partial charge in [0.15, 0.2) is 11.6 Å². The van der Waals surface area contributed by atoms with Crippen molar-refractivity contribution in [3.63, 3.8) is 0 Å². The van der Waals surface area contributed by atoms with Gasteiger partial charge in [-0.3, -0.25) is 0 Å². The van der Waals surface area contributed by atoms with Crippen LogP contribution < -0.4 is 5.32 Å². The Balaban J connectivity index is 2.22. The molecule has 2 rings (SSSR count). The second kappa shape index (κ2) is 4.57. The van der Waals surface area contributed by atoms with Crippen molar-refractivity contribution in [2.75, 3.05) is 5.32 Å². The minimum atomic E-state index is -0.105. The van der Waals surface area contributed by atoms with Crippen molar-refractivity contribution in [2.24, 2.45) is 7.05 Å². The summed E-state index contributed by atoms with van der Waals surface area (Å²) >= 11 is 0. The highest BCUT2D eigenvalue weighted by Gasteiger charge is 2.13. The molecule has 0 fully saturated rings. The fourth-order valence-corrected chi connectivity index (χ4v) is 1.48. The molecular weight excluding hydrogens is 218 g/mol. The van der Waals surface area contributed by atoms with Crippen LogP contribution in [0.2, 0.25) is 0 Å². The minimum Gasteiger partial charge on any atom is -0.358 e. The van der Waals surface area contributed by atoms with Crippen molar-refractivity contribution in [1.82, 2.24) is 25.0 Å². The molecule has 1 atom stereocenters. The lowest BCUT2D eigenvalue weighted by Crippen LogP contribution is -2.14. The number of aromatic nitrogens is 5.